The fraction of sp³-hybridized carbons (Fsp3) is 0.500. The third-order valence-corrected chi connectivity index (χ3v) is 2.37. The zero-order valence-corrected chi connectivity index (χ0v) is 9.01. The van der Waals surface area contributed by atoms with E-state index in [0.29, 0.717) is 13.2 Å². The molecule has 0 spiro atoms. The number of carbonyl (C=O) groups excluding carboxylic acids is 1. The minimum Gasteiger partial charge on any atom is -0.464 e. The number of hydrogen-bond donors (Lipinski definition) is 0. The van der Waals surface area contributed by atoms with E-state index in [9.17, 15) is 4.79 Å². The Morgan fingerprint density at radius 3 is 3.07 bits per heavy atom. The topological polar surface area (TPSA) is 35.5 Å². The molecular weight excluding hydrogens is 200 g/mol. The van der Waals surface area contributed by atoms with E-state index in [0.717, 1.165) is 6.42 Å². The van der Waals surface area contributed by atoms with Gasteiger partial charge < -0.3 is 9.47 Å². The molecule has 1 aromatic rings. The Labute approximate surface area is 87.7 Å². The third-order valence-electron chi connectivity index (χ3n) is 1.64. The Kier molecular flexibility index (Phi) is 5.25. The summed E-state index contributed by atoms with van der Waals surface area (Å²) >= 11 is 1.66. The van der Waals surface area contributed by atoms with E-state index in [1.807, 2.05) is 5.38 Å². The second-order valence-electron chi connectivity index (χ2n) is 2.74. The number of carbonyl (C=O) groups is 1. The average Bonchev–Trinajstić information content (AvgIpc) is 2.65. The van der Waals surface area contributed by atoms with Crippen LogP contribution in [0.1, 0.15) is 12.5 Å². The lowest BCUT2D eigenvalue weighted by atomic mass is 10.3. The standard InChI is InChI=1S/C10H14O3S/c1-2-13-10(11)7-12-5-3-9-4-6-14-8-9/h4,6,8H,2-3,5,7H2,1H3. The van der Waals surface area contributed by atoms with Crippen LogP contribution in [0, 0.1) is 0 Å². The van der Waals surface area contributed by atoms with Crippen LogP contribution in [-0.4, -0.2) is 25.8 Å². The molecule has 4 heteroatoms. The van der Waals surface area contributed by atoms with E-state index in [4.69, 9.17) is 9.47 Å². The van der Waals surface area contributed by atoms with Crippen molar-refractivity contribution in [3.8, 4) is 0 Å². The van der Waals surface area contributed by atoms with Gasteiger partial charge in [0, 0.05) is 0 Å². The van der Waals surface area contributed by atoms with Crippen LogP contribution in [0.4, 0.5) is 0 Å². The first-order valence-corrected chi connectivity index (χ1v) is 5.51. The first kappa shape index (κ1) is 11.2. The molecule has 78 valence electrons. The lowest BCUT2D eigenvalue weighted by molar-refractivity contribution is -0.148. The van der Waals surface area contributed by atoms with Gasteiger partial charge in [0.25, 0.3) is 0 Å². The summed E-state index contributed by atoms with van der Waals surface area (Å²) in [5.74, 6) is -0.294. The molecule has 14 heavy (non-hydrogen) atoms. The van der Waals surface area contributed by atoms with Crippen LogP contribution >= 0.6 is 11.3 Å². The maximum Gasteiger partial charge on any atom is 0.332 e. The Hall–Kier alpha value is -0.870. The Morgan fingerprint density at radius 1 is 1.57 bits per heavy atom. The fourth-order valence-electron chi connectivity index (χ4n) is 0.983. The molecule has 0 fully saturated rings. The van der Waals surface area contributed by atoms with Gasteiger partial charge in [-0.2, -0.15) is 11.3 Å². The second kappa shape index (κ2) is 6.56. The second-order valence-corrected chi connectivity index (χ2v) is 3.52. The first-order chi connectivity index (χ1) is 6.83. The lowest BCUT2D eigenvalue weighted by Crippen LogP contribution is -2.13. The van der Waals surface area contributed by atoms with Gasteiger partial charge in [-0.05, 0) is 35.7 Å². The number of esters is 1. The molecule has 0 unspecified atom stereocenters. The minimum absolute atomic E-state index is 0.0535. The van der Waals surface area contributed by atoms with Gasteiger partial charge in [-0.1, -0.05) is 0 Å². The Morgan fingerprint density at radius 2 is 2.43 bits per heavy atom. The molecule has 0 radical (unpaired) electrons. The highest BCUT2D eigenvalue weighted by Gasteiger charge is 2.00. The highest BCUT2D eigenvalue weighted by Crippen LogP contribution is 2.06. The van der Waals surface area contributed by atoms with Crippen LogP contribution in [0.2, 0.25) is 0 Å². The van der Waals surface area contributed by atoms with Crippen LogP contribution in [0.25, 0.3) is 0 Å². The van der Waals surface area contributed by atoms with Gasteiger partial charge in [-0.15, -0.1) is 0 Å². The van der Waals surface area contributed by atoms with Crippen LogP contribution < -0.4 is 0 Å². The van der Waals surface area contributed by atoms with Gasteiger partial charge in [0.15, 0.2) is 0 Å². The largest absolute Gasteiger partial charge is 0.464 e. The van der Waals surface area contributed by atoms with E-state index in [-0.39, 0.29) is 12.6 Å². The van der Waals surface area contributed by atoms with E-state index in [1.54, 1.807) is 18.3 Å². The molecule has 1 aromatic heterocycles. The molecule has 0 aromatic carbocycles. The van der Waals surface area contributed by atoms with Crippen molar-refractivity contribution in [1.82, 2.24) is 0 Å². The fourth-order valence-corrected chi connectivity index (χ4v) is 1.69. The third kappa shape index (κ3) is 4.39. The monoisotopic (exact) mass is 214 g/mol. The van der Waals surface area contributed by atoms with Gasteiger partial charge >= 0.3 is 5.97 Å². The Balaban J connectivity index is 2.02. The molecule has 0 saturated carbocycles. The van der Waals surface area contributed by atoms with Gasteiger partial charge in [0.1, 0.15) is 6.61 Å². The van der Waals surface area contributed by atoms with E-state index in [2.05, 4.69) is 11.4 Å². The molecule has 3 nitrogen and oxygen atoms in total. The van der Waals surface area contributed by atoms with Crippen LogP contribution in [0.5, 0.6) is 0 Å². The van der Waals surface area contributed by atoms with Crippen molar-refractivity contribution < 1.29 is 14.3 Å². The molecule has 0 aliphatic heterocycles. The van der Waals surface area contributed by atoms with Gasteiger partial charge in [0.05, 0.1) is 13.2 Å². The van der Waals surface area contributed by atoms with Crippen molar-refractivity contribution in [2.75, 3.05) is 19.8 Å². The predicted octanol–water partition coefficient (Wildman–Crippen LogP) is 1.87. The molecule has 0 bridgehead atoms. The van der Waals surface area contributed by atoms with Crippen molar-refractivity contribution in [2.45, 2.75) is 13.3 Å². The number of rotatable bonds is 6. The summed E-state index contributed by atoms with van der Waals surface area (Å²) in [7, 11) is 0. The SMILES string of the molecule is CCOC(=O)COCCc1ccsc1. The first-order valence-electron chi connectivity index (χ1n) is 4.57. The summed E-state index contributed by atoms with van der Waals surface area (Å²) < 4.78 is 9.87. The predicted molar refractivity (Wildman–Crippen MR) is 55.5 cm³/mol. The molecule has 1 rings (SSSR count). The molecule has 1 heterocycles. The Bertz CT molecular complexity index is 256. The average molecular weight is 214 g/mol. The molecule has 0 aliphatic rings. The summed E-state index contributed by atoms with van der Waals surface area (Å²) in [5, 5.41) is 4.11. The number of ether oxygens (including phenoxy) is 2. The molecule has 0 atom stereocenters. The smallest absolute Gasteiger partial charge is 0.332 e. The molecule has 0 N–H and O–H groups in total. The summed E-state index contributed by atoms with van der Waals surface area (Å²) in [5.41, 5.74) is 1.25. The van der Waals surface area contributed by atoms with Crippen LogP contribution in [-0.2, 0) is 20.7 Å². The van der Waals surface area contributed by atoms with Crippen molar-refractivity contribution in [3.63, 3.8) is 0 Å². The summed E-state index contributed by atoms with van der Waals surface area (Å²) in [6.07, 6.45) is 0.850. The lowest BCUT2D eigenvalue weighted by Gasteiger charge is -2.02. The molecule has 0 aliphatic carbocycles. The van der Waals surface area contributed by atoms with E-state index >= 15 is 0 Å². The van der Waals surface area contributed by atoms with E-state index < -0.39 is 0 Å². The van der Waals surface area contributed by atoms with Crippen LogP contribution in [0.3, 0.4) is 0 Å². The summed E-state index contributed by atoms with van der Waals surface area (Å²) in [6.45, 7) is 2.81. The minimum atomic E-state index is -0.294. The normalized spacial score (nSPS) is 10.1. The van der Waals surface area contributed by atoms with Crippen LogP contribution in [0.15, 0.2) is 16.8 Å². The zero-order valence-electron chi connectivity index (χ0n) is 8.19. The van der Waals surface area contributed by atoms with E-state index in [1.165, 1.54) is 5.56 Å². The van der Waals surface area contributed by atoms with Crippen molar-refractivity contribution >= 4 is 17.3 Å². The quantitative estimate of drug-likeness (QED) is 0.535. The van der Waals surface area contributed by atoms with Gasteiger partial charge in [0.2, 0.25) is 0 Å². The maximum atomic E-state index is 10.9. The molecule has 0 amide bonds. The van der Waals surface area contributed by atoms with Gasteiger partial charge in [-0.25, -0.2) is 4.79 Å². The van der Waals surface area contributed by atoms with Crippen molar-refractivity contribution in [3.05, 3.63) is 22.4 Å². The number of thiophene rings is 1. The van der Waals surface area contributed by atoms with Gasteiger partial charge in [-0.3, -0.25) is 0 Å². The highest BCUT2D eigenvalue weighted by atomic mass is 32.1. The van der Waals surface area contributed by atoms with Crippen molar-refractivity contribution in [2.24, 2.45) is 0 Å². The zero-order chi connectivity index (χ0) is 10.2. The number of hydrogen-bond acceptors (Lipinski definition) is 4. The molecular formula is C10H14O3S. The molecule has 0 saturated heterocycles. The summed E-state index contributed by atoms with van der Waals surface area (Å²) in [6, 6.07) is 2.05. The highest BCUT2D eigenvalue weighted by molar-refractivity contribution is 7.07. The maximum absolute atomic E-state index is 10.9. The van der Waals surface area contributed by atoms with Crippen molar-refractivity contribution in [1.29, 1.82) is 0 Å². The summed E-state index contributed by atoms with van der Waals surface area (Å²) in [4.78, 5) is 10.9.